The minimum Gasteiger partial charge on any atom is -0.438 e. The number of hydrogen-bond donors (Lipinski definition) is 1. The van der Waals surface area contributed by atoms with Gasteiger partial charge in [-0.1, -0.05) is 18.2 Å². The average molecular weight is 404 g/mol. The largest absolute Gasteiger partial charge is 0.438 e. The number of carbonyl (C=O) groups excluding carboxylic acids is 1. The zero-order valence-electron chi connectivity index (χ0n) is 16.6. The molecular weight excluding hydrogens is 384 g/mol. The molecule has 3 aromatic rings. The maximum absolute atomic E-state index is 13.1. The number of benzene rings is 1. The lowest BCUT2D eigenvalue weighted by molar-refractivity contribution is -0.117. The number of pyridine rings is 1. The number of ether oxygens (including phenoxy) is 2. The number of aromatic nitrogens is 2. The van der Waals surface area contributed by atoms with Crippen molar-refractivity contribution in [3.63, 3.8) is 0 Å². The van der Waals surface area contributed by atoms with Crippen molar-refractivity contribution in [1.82, 2.24) is 14.7 Å². The van der Waals surface area contributed by atoms with E-state index >= 15 is 0 Å². The minimum atomic E-state index is -0.617. The number of carbonyl (C=O) groups is 1. The summed E-state index contributed by atoms with van der Waals surface area (Å²) in [5, 5.41) is 12.0. The van der Waals surface area contributed by atoms with Gasteiger partial charge in [0.25, 0.3) is 11.5 Å². The quantitative estimate of drug-likeness (QED) is 0.368. The first-order chi connectivity index (χ1) is 14.5. The van der Waals surface area contributed by atoms with Gasteiger partial charge in [0.2, 0.25) is 5.88 Å². The second-order valence-corrected chi connectivity index (χ2v) is 6.40. The van der Waals surface area contributed by atoms with Crippen LogP contribution in [0.25, 0.3) is 11.7 Å². The van der Waals surface area contributed by atoms with Crippen LogP contribution in [0.15, 0.2) is 59.0 Å². The van der Waals surface area contributed by atoms with E-state index in [1.165, 1.54) is 17.6 Å². The van der Waals surface area contributed by atoms with Crippen LogP contribution in [0.5, 0.6) is 11.6 Å². The third-order valence-corrected chi connectivity index (χ3v) is 4.18. The highest BCUT2D eigenvalue weighted by Crippen LogP contribution is 2.24. The predicted molar refractivity (Wildman–Crippen MR) is 111 cm³/mol. The molecule has 0 radical (unpaired) electrons. The fourth-order valence-electron chi connectivity index (χ4n) is 2.73. The van der Waals surface area contributed by atoms with E-state index < -0.39 is 11.5 Å². The summed E-state index contributed by atoms with van der Waals surface area (Å²) in [4.78, 5) is 29.8. The van der Waals surface area contributed by atoms with Crippen LogP contribution in [0.2, 0.25) is 0 Å². The molecule has 0 atom stereocenters. The summed E-state index contributed by atoms with van der Waals surface area (Å²) in [5.41, 5.74) is 0.650. The van der Waals surface area contributed by atoms with E-state index in [4.69, 9.17) is 9.47 Å². The van der Waals surface area contributed by atoms with Crippen LogP contribution in [0.1, 0.15) is 11.1 Å². The second-order valence-electron chi connectivity index (χ2n) is 6.40. The first-order valence-corrected chi connectivity index (χ1v) is 9.18. The van der Waals surface area contributed by atoms with E-state index in [1.54, 1.807) is 36.5 Å². The monoisotopic (exact) mass is 404 g/mol. The first-order valence-electron chi connectivity index (χ1n) is 9.18. The zero-order valence-corrected chi connectivity index (χ0v) is 16.6. The number of nitrogens with one attached hydrogen (secondary N) is 1. The van der Waals surface area contributed by atoms with Crippen molar-refractivity contribution in [1.29, 1.82) is 5.26 Å². The van der Waals surface area contributed by atoms with Gasteiger partial charge in [0, 0.05) is 19.9 Å². The Hall–Kier alpha value is -3.96. The Morgan fingerprint density at radius 3 is 2.87 bits per heavy atom. The van der Waals surface area contributed by atoms with Crippen molar-refractivity contribution in [2.75, 3.05) is 20.3 Å². The Morgan fingerprint density at radius 2 is 2.13 bits per heavy atom. The number of fused-ring (bicyclic) bond motifs is 1. The number of aryl methyl sites for hydroxylation is 1. The highest BCUT2D eigenvalue weighted by molar-refractivity contribution is 6.01. The molecular formula is C22H20N4O4. The average Bonchev–Trinajstić information content (AvgIpc) is 2.74. The molecule has 8 nitrogen and oxygen atoms in total. The highest BCUT2D eigenvalue weighted by atomic mass is 16.5. The van der Waals surface area contributed by atoms with E-state index in [0.717, 1.165) is 5.56 Å². The van der Waals surface area contributed by atoms with E-state index in [1.807, 2.05) is 25.1 Å². The molecule has 1 aromatic carbocycles. The van der Waals surface area contributed by atoms with Crippen LogP contribution in [-0.2, 0) is 9.53 Å². The highest BCUT2D eigenvalue weighted by Gasteiger charge is 2.17. The molecule has 0 bridgehead atoms. The van der Waals surface area contributed by atoms with Crippen molar-refractivity contribution < 1.29 is 14.3 Å². The van der Waals surface area contributed by atoms with Crippen LogP contribution in [0, 0.1) is 18.3 Å². The molecule has 30 heavy (non-hydrogen) atoms. The van der Waals surface area contributed by atoms with Gasteiger partial charge in [-0.05, 0) is 42.8 Å². The molecule has 8 heteroatoms. The molecule has 0 aliphatic carbocycles. The second kappa shape index (κ2) is 9.49. The summed E-state index contributed by atoms with van der Waals surface area (Å²) >= 11 is 0. The molecule has 1 amide bonds. The molecule has 0 aliphatic rings. The fourth-order valence-corrected chi connectivity index (χ4v) is 2.73. The van der Waals surface area contributed by atoms with Gasteiger partial charge in [0.15, 0.2) is 0 Å². The maximum atomic E-state index is 13.1. The van der Waals surface area contributed by atoms with Crippen molar-refractivity contribution in [2.45, 2.75) is 6.92 Å². The molecule has 1 N–H and O–H groups in total. The number of hydrogen-bond acceptors (Lipinski definition) is 6. The van der Waals surface area contributed by atoms with Gasteiger partial charge in [-0.15, -0.1) is 0 Å². The Kier molecular flexibility index (Phi) is 6.57. The normalized spacial score (nSPS) is 11.2. The summed E-state index contributed by atoms with van der Waals surface area (Å²) in [6.07, 6.45) is 2.76. The number of nitriles is 1. The molecule has 2 heterocycles. The third-order valence-electron chi connectivity index (χ3n) is 4.18. The van der Waals surface area contributed by atoms with Gasteiger partial charge >= 0.3 is 0 Å². The smallest absolute Gasteiger partial charge is 0.269 e. The van der Waals surface area contributed by atoms with Crippen molar-refractivity contribution in [3.8, 4) is 17.7 Å². The lowest BCUT2D eigenvalue weighted by atomic mass is 10.1. The van der Waals surface area contributed by atoms with Crippen molar-refractivity contribution >= 4 is 17.6 Å². The summed E-state index contributed by atoms with van der Waals surface area (Å²) in [7, 11) is 1.50. The van der Waals surface area contributed by atoms with E-state index in [0.29, 0.717) is 18.0 Å². The number of rotatable bonds is 7. The summed E-state index contributed by atoms with van der Waals surface area (Å²) in [6, 6.07) is 14.2. The Morgan fingerprint density at radius 1 is 1.30 bits per heavy atom. The Bertz CT molecular complexity index is 1210. The van der Waals surface area contributed by atoms with Gasteiger partial charge in [-0.2, -0.15) is 10.2 Å². The van der Waals surface area contributed by atoms with Crippen LogP contribution in [-0.4, -0.2) is 35.6 Å². The van der Waals surface area contributed by atoms with Gasteiger partial charge < -0.3 is 14.8 Å². The molecule has 0 unspecified atom stereocenters. The van der Waals surface area contributed by atoms with Crippen LogP contribution in [0.4, 0.5) is 0 Å². The lowest BCUT2D eigenvalue weighted by Crippen LogP contribution is -2.28. The van der Waals surface area contributed by atoms with Gasteiger partial charge in [0.05, 0.1) is 6.61 Å². The van der Waals surface area contributed by atoms with Crippen LogP contribution in [0.3, 0.4) is 0 Å². The summed E-state index contributed by atoms with van der Waals surface area (Å²) in [5.74, 6) is -0.122. The van der Waals surface area contributed by atoms with Crippen molar-refractivity contribution in [3.05, 3.63) is 75.7 Å². The zero-order chi connectivity index (χ0) is 21.5. The third kappa shape index (κ3) is 4.71. The summed E-state index contributed by atoms with van der Waals surface area (Å²) < 4.78 is 12.1. The topological polar surface area (TPSA) is 106 Å². The van der Waals surface area contributed by atoms with E-state index in [-0.39, 0.29) is 23.6 Å². The lowest BCUT2D eigenvalue weighted by Gasteiger charge is -2.11. The molecule has 2 aromatic heterocycles. The Labute approximate surface area is 173 Å². The van der Waals surface area contributed by atoms with Gasteiger partial charge in [-0.25, -0.2) is 0 Å². The minimum absolute atomic E-state index is 0.00125. The van der Waals surface area contributed by atoms with Crippen LogP contribution < -0.4 is 15.6 Å². The van der Waals surface area contributed by atoms with Gasteiger partial charge in [0.1, 0.15) is 28.6 Å². The van der Waals surface area contributed by atoms with Crippen LogP contribution >= 0.6 is 0 Å². The fraction of sp³-hybridized carbons (Fsp3) is 0.182. The standard InChI is InChI=1S/C22H20N4O4/c1-15-6-5-7-17(12-15)30-21-18(13-16(14-23)20(27)24-9-11-29-2)22(28)26-10-4-3-8-19(26)25-21/h3-8,10,12-13H,9,11H2,1-2H3,(H,24,27). The van der Waals surface area contributed by atoms with E-state index in [9.17, 15) is 14.9 Å². The summed E-state index contributed by atoms with van der Waals surface area (Å²) in [6.45, 7) is 2.44. The molecule has 0 saturated carbocycles. The van der Waals surface area contributed by atoms with Gasteiger partial charge in [-0.3, -0.25) is 14.0 Å². The molecule has 152 valence electrons. The number of methoxy groups -OCH3 is 1. The first kappa shape index (κ1) is 20.8. The number of amides is 1. The van der Waals surface area contributed by atoms with E-state index in [2.05, 4.69) is 10.3 Å². The molecule has 3 rings (SSSR count). The SMILES string of the molecule is COCCNC(=O)C(C#N)=Cc1c(Oc2cccc(C)c2)nc2ccccn2c1=O. The molecule has 0 saturated heterocycles. The Balaban J connectivity index is 2.11. The number of nitrogens with zero attached hydrogens (tertiary/aromatic N) is 3. The molecule has 0 fully saturated rings. The molecule has 0 spiro atoms. The maximum Gasteiger partial charge on any atom is 0.269 e. The van der Waals surface area contributed by atoms with Crippen molar-refractivity contribution in [2.24, 2.45) is 0 Å². The predicted octanol–water partition coefficient (Wildman–Crippen LogP) is 2.46. The molecule has 0 aliphatic heterocycles.